The maximum Gasteiger partial charge on any atom is 0.436 e. The smallest absolute Gasteiger partial charge is 0.361 e. The number of halogens is 4. The van der Waals surface area contributed by atoms with Crippen LogP contribution in [-0.2, 0) is 23.1 Å². The molecular weight excluding hydrogens is 542 g/mol. The fraction of sp³-hybridized carbons (Fsp3) is 0.444. The minimum atomic E-state index is -4.85. The van der Waals surface area contributed by atoms with E-state index in [1.54, 1.807) is 6.20 Å². The number of aromatic nitrogens is 6. The van der Waals surface area contributed by atoms with E-state index in [0.717, 1.165) is 54.4 Å². The number of nitriles is 1. The number of hydrogen-bond acceptors (Lipinski definition) is 8. The summed E-state index contributed by atoms with van der Waals surface area (Å²) in [6.45, 7) is 2.82. The number of alkyl halides is 3. The van der Waals surface area contributed by atoms with Crippen LogP contribution in [0.25, 0.3) is 22.3 Å². The molecular formula is C27H27F4N9O. The van der Waals surface area contributed by atoms with Crippen LogP contribution in [0.3, 0.4) is 0 Å². The highest BCUT2D eigenvalue weighted by molar-refractivity contribution is 5.90. The van der Waals surface area contributed by atoms with Gasteiger partial charge in [0.2, 0.25) is 0 Å². The minimum Gasteiger partial charge on any atom is -0.361 e. The molecule has 0 unspecified atom stereocenters. The zero-order chi connectivity index (χ0) is 28.6. The van der Waals surface area contributed by atoms with Gasteiger partial charge in [0.05, 0.1) is 37.7 Å². The van der Waals surface area contributed by atoms with E-state index in [0.29, 0.717) is 25.6 Å². The number of ether oxygens (including phenoxy) is 1. The predicted molar refractivity (Wildman–Crippen MR) is 138 cm³/mol. The average molecular weight is 570 g/mol. The van der Waals surface area contributed by atoms with E-state index in [1.165, 1.54) is 12.4 Å². The van der Waals surface area contributed by atoms with Gasteiger partial charge in [-0.15, -0.1) is 0 Å². The van der Waals surface area contributed by atoms with Crippen molar-refractivity contribution in [1.82, 2.24) is 39.5 Å². The Bertz CT molecular complexity index is 1560. The van der Waals surface area contributed by atoms with Gasteiger partial charge in [0, 0.05) is 67.3 Å². The molecule has 0 atom stereocenters. The SMILES string of the molecule is N#CCC1(n2cc(-c3ncnc4[nH]ccc34)cn2)CN(C2CCN(COCc3ccnc(C(F)(F)F)c3F)CC2)C1. The molecule has 2 saturated heterocycles. The molecule has 6 rings (SSSR count). The van der Waals surface area contributed by atoms with E-state index in [4.69, 9.17) is 4.74 Å². The highest BCUT2D eigenvalue weighted by atomic mass is 19.4. The molecule has 41 heavy (non-hydrogen) atoms. The molecule has 2 aliphatic rings. The number of aromatic amines is 1. The fourth-order valence-corrected chi connectivity index (χ4v) is 5.75. The number of nitrogens with one attached hydrogen (secondary N) is 1. The van der Waals surface area contributed by atoms with Gasteiger partial charge in [-0.25, -0.2) is 19.3 Å². The van der Waals surface area contributed by atoms with Crippen molar-refractivity contribution in [3.63, 3.8) is 0 Å². The molecule has 1 N–H and O–H groups in total. The van der Waals surface area contributed by atoms with Gasteiger partial charge in [-0.2, -0.15) is 23.5 Å². The second kappa shape index (κ2) is 10.8. The first kappa shape index (κ1) is 27.3. The Morgan fingerprint density at radius 3 is 2.71 bits per heavy atom. The third-order valence-electron chi connectivity index (χ3n) is 7.94. The van der Waals surface area contributed by atoms with Crippen molar-refractivity contribution >= 4 is 11.0 Å². The first-order chi connectivity index (χ1) is 19.8. The molecule has 14 heteroatoms. The van der Waals surface area contributed by atoms with E-state index >= 15 is 0 Å². The van der Waals surface area contributed by atoms with Crippen molar-refractivity contribution in [2.45, 2.75) is 43.6 Å². The van der Waals surface area contributed by atoms with E-state index in [9.17, 15) is 22.8 Å². The largest absolute Gasteiger partial charge is 0.436 e. The number of likely N-dealkylation sites (tertiary alicyclic amines) is 2. The van der Waals surface area contributed by atoms with Crippen molar-refractivity contribution in [3.05, 3.63) is 60.3 Å². The Morgan fingerprint density at radius 1 is 1.15 bits per heavy atom. The molecule has 2 fully saturated rings. The van der Waals surface area contributed by atoms with Crippen LogP contribution >= 0.6 is 0 Å². The Morgan fingerprint density at radius 2 is 1.95 bits per heavy atom. The Hall–Kier alpha value is -3.93. The molecule has 4 aromatic heterocycles. The number of piperidine rings is 1. The molecule has 0 radical (unpaired) electrons. The number of pyridine rings is 1. The number of fused-ring (bicyclic) bond motifs is 1. The maximum atomic E-state index is 14.2. The second-order valence-corrected chi connectivity index (χ2v) is 10.6. The number of hydrogen-bond donors (Lipinski definition) is 1. The van der Waals surface area contributed by atoms with Crippen LogP contribution in [0.4, 0.5) is 17.6 Å². The number of rotatable bonds is 8. The lowest BCUT2D eigenvalue weighted by Crippen LogP contribution is -2.66. The van der Waals surface area contributed by atoms with Gasteiger partial charge in [0.25, 0.3) is 0 Å². The van der Waals surface area contributed by atoms with Crippen molar-refractivity contribution in [3.8, 4) is 17.3 Å². The van der Waals surface area contributed by atoms with E-state index in [2.05, 4.69) is 40.9 Å². The second-order valence-electron chi connectivity index (χ2n) is 10.6. The Labute approximate surface area is 232 Å². The molecule has 4 aromatic rings. The van der Waals surface area contributed by atoms with Crippen LogP contribution < -0.4 is 0 Å². The highest BCUT2D eigenvalue weighted by Crippen LogP contribution is 2.37. The van der Waals surface area contributed by atoms with Crippen LogP contribution in [-0.4, -0.2) is 78.5 Å². The summed E-state index contributed by atoms with van der Waals surface area (Å²) >= 11 is 0. The van der Waals surface area contributed by atoms with Crippen molar-refractivity contribution in [1.29, 1.82) is 5.26 Å². The molecule has 214 valence electrons. The van der Waals surface area contributed by atoms with E-state index in [-0.39, 0.29) is 18.9 Å². The summed E-state index contributed by atoms with van der Waals surface area (Å²) in [6.07, 6.45) is 5.24. The van der Waals surface area contributed by atoms with Crippen LogP contribution in [0.15, 0.2) is 43.2 Å². The van der Waals surface area contributed by atoms with Crippen LogP contribution in [0, 0.1) is 17.1 Å². The summed E-state index contributed by atoms with van der Waals surface area (Å²) in [4.78, 5) is 19.3. The molecule has 6 heterocycles. The normalized spacial score (nSPS) is 18.4. The summed E-state index contributed by atoms with van der Waals surface area (Å²) in [6, 6.07) is 5.79. The summed E-state index contributed by atoms with van der Waals surface area (Å²) in [5, 5.41) is 15.1. The lowest BCUT2D eigenvalue weighted by atomic mass is 9.84. The lowest BCUT2D eigenvalue weighted by molar-refractivity contribution is -0.143. The molecule has 0 saturated carbocycles. The van der Waals surface area contributed by atoms with Gasteiger partial charge < -0.3 is 9.72 Å². The first-order valence-electron chi connectivity index (χ1n) is 13.2. The quantitative estimate of drug-likeness (QED) is 0.318. The summed E-state index contributed by atoms with van der Waals surface area (Å²) in [5.74, 6) is -1.39. The van der Waals surface area contributed by atoms with E-state index < -0.39 is 23.2 Å². The van der Waals surface area contributed by atoms with Crippen LogP contribution in [0.2, 0.25) is 0 Å². The third-order valence-corrected chi connectivity index (χ3v) is 7.94. The predicted octanol–water partition coefficient (Wildman–Crippen LogP) is 3.94. The molecule has 0 spiro atoms. The zero-order valence-corrected chi connectivity index (χ0v) is 22.0. The lowest BCUT2D eigenvalue weighted by Gasteiger charge is -2.53. The summed E-state index contributed by atoms with van der Waals surface area (Å²) in [5.41, 5.74) is 0.285. The van der Waals surface area contributed by atoms with E-state index in [1.807, 2.05) is 23.1 Å². The van der Waals surface area contributed by atoms with Gasteiger partial charge in [-0.05, 0) is 25.0 Å². The molecule has 0 amide bonds. The van der Waals surface area contributed by atoms with Gasteiger partial charge in [0.1, 0.15) is 17.5 Å². The van der Waals surface area contributed by atoms with Gasteiger partial charge >= 0.3 is 6.18 Å². The number of nitrogens with zero attached hydrogens (tertiary/aromatic N) is 8. The molecule has 10 nitrogen and oxygen atoms in total. The summed E-state index contributed by atoms with van der Waals surface area (Å²) < 4.78 is 60.3. The van der Waals surface area contributed by atoms with Crippen LogP contribution in [0.5, 0.6) is 0 Å². The molecule has 0 aromatic carbocycles. The van der Waals surface area contributed by atoms with Crippen molar-refractivity contribution in [2.24, 2.45) is 0 Å². The standard InChI is InChI=1S/C27H27F4N9O/c28-22-18(1-7-33-24(22)27(29,30)31)13-41-17-38-9-3-20(4-10-38)39-14-26(15-39,5-6-32)40-12-19(11-37-40)23-21-2-8-34-25(21)36-16-35-23/h1-2,7-8,11-12,16,20H,3-5,9-10,13-15,17H2,(H,34,35,36). The Balaban J connectivity index is 1.02. The number of H-pyrrole nitrogens is 1. The van der Waals surface area contributed by atoms with Gasteiger partial charge in [-0.1, -0.05) is 0 Å². The van der Waals surface area contributed by atoms with Gasteiger partial charge in [0.15, 0.2) is 11.5 Å². The maximum absolute atomic E-state index is 14.2. The van der Waals surface area contributed by atoms with Gasteiger partial charge in [-0.3, -0.25) is 14.5 Å². The summed E-state index contributed by atoms with van der Waals surface area (Å²) in [7, 11) is 0. The average Bonchev–Trinajstić information content (AvgIpc) is 3.62. The van der Waals surface area contributed by atoms with Crippen molar-refractivity contribution in [2.75, 3.05) is 32.9 Å². The molecule has 0 aliphatic carbocycles. The highest BCUT2D eigenvalue weighted by Gasteiger charge is 2.48. The zero-order valence-electron chi connectivity index (χ0n) is 22.0. The minimum absolute atomic E-state index is 0.171. The monoisotopic (exact) mass is 569 g/mol. The Kier molecular flexibility index (Phi) is 7.18. The van der Waals surface area contributed by atoms with Crippen LogP contribution in [0.1, 0.15) is 30.5 Å². The topological polar surface area (TPSA) is 112 Å². The van der Waals surface area contributed by atoms with Crippen molar-refractivity contribution < 1.29 is 22.3 Å². The molecule has 2 aliphatic heterocycles. The first-order valence-corrected chi connectivity index (χ1v) is 13.2. The third kappa shape index (κ3) is 5.28. The fourth-order valence-electron chi connectivity index (χ4n) is 5.75. The molecule has 0 bridgehead atoms.